The molecule has 1 aromatic heterocycles. The van der Waals surface area contributed by atoms with Crippen molar-refractivity contribution >= 4 is 39.0 Å². The SMILES string of the molecule is CC1(C)c2cc(-c3cccc4c3oc3ccccc34)ccc2-c2ccc(N(c3ccc(-c4ccccc4)cc3)c3ccc(-c4cc(-c5ccccc5)cc(-c5ccccc5)c4)cc3)cc21. The predicted octanol–water partition coefficient (Wildman–Crippen LogP) is 17.7. The first-order chi connectivity index (χ1) is 32.0. The molecule has 0 atom stereocenters. The summed E-state index contributed by atoms with van der Waals surface area (Å²) in [5.41, 5.74) is 22.0. The number of fused-ring (bicyclic) bond motifs is 6. The zero-order chi connectivity index (χ0) is 43.5. The van der Waals surface area contributed by atoms with Gasteiger partial charge < -0.3 is 9.32 Å². The molecule has 0 spiro atoms. The molecule has 0 saturated heterocycles. The van der Waals surface area contributed by atoms with Crippen molar-refractivity contribution < 1.29 is 4.42 Å². The van der Waals surface area contributed by atoms with Gasteiger partial charge >= 0.3 is 0 Å². The van der Waals surface area contributed by atoms with Crippen LogP contribution in [-0.2, 0) is 5.41 Å². The first-order valence-corrected chi connectivity index (χ1v) is 22.5. The van der Waals surface area contributed by atoms with Crippen LogP contribution in [0.25, 0.3) is 88.7 Å². The van der Waals surface area contributed by atoms with Crippen LogP contribution in [0.3, 0.4) is 0 Å². The van der Waals surface area contributed by atoms with Gasteiger partial charge in [-0.15, -0.1) is 0 Å². The Bertz CT molecular complexity index is 3470. The molecule has 2 heteroatoms. The van der Waals surface area contributed by atoms with Gasteiger partial charge in [-0.05, 0) is 139 Å². The quantitative estimate of drug-likeness (QED) is 0.152. The Morgan fingerprint density at radius 2 is 0.738 bits per heavy atom. The maximum Gasteiger partial charge on any atom is 0.143 e. The number of anilines is 3. The number of benzene rings is 10. The fourth-order valence-corrected chi connectivity index (χ4v) is 10.1. The molecule has 1 aliphatic rings. The Labute approximate surface area is 380 Å². The number of furan rings is 1. The van der Waals surface area contributed by atoms with E-state index >= 15 is 0 Å². The predicted molar refractivity (Wildman–Crippen MR) is 273 cm³/mol. The number of rotatable bonds is 8. The van der Waals surface area contributed by atoms with E-state index in [2.05, 4.69) is 249 Å². The van der Waals surface area contributed by atoms with E-state index in [4.69, 9.17) is 4.42 Å². The molecule has 1 heterocycles. The van der Waals surface area contributed by atoms with Crippen LogP contribution in [0.2, 0.25) is 0 Å². The van der Waals surface area contributed by atoms with Crippen LogP contribution < -0.4 is 4.90 Å². The van der Waals surface area contributed by atoms with Crippen LogP contribution in [-0.4, -0.2) is 0 Å². The first-order valence-electron chi connectivity index (χ1n) is 22.5. The lowest BCUT2D eigenvalue weighted by molar-refractivity contribution is 0.660. The highest BCUT2D eigenvalue weighted by molar-refractivity contribution is 6.09. The van der Waals surface area contributed by atoms with Gasteiger partial charge in [-0.1, -0.05) is 184 Å². The summed E-state index contributed by atoms with van der Waals surface area (Å²) < 4.78 is 6.50. The molecule has 0 saturated carbocycles. The van der Waals surface area contributed by atoms with Gasteiger partial charge in [0.1, 0.15) is 11.2 Å². The average Bonchev–Trinajstić information content (AvgIpc) is 3.86. The minimum atomic E-state index is -0.245. The highest BCUT2D eigenvalue weighted by Gasteiger charge is 2.36. The van der Waals surface area contributed by atoms with Crippen molar-refractivity contribution in [1.82, 2.24) is 0 Å². The van der Waals surface area contributed by atoms with Gasteiger partial charge in [0, 0.05) is 38.8 Å². The third-order valence-corrected chi connectivity index (χ3v) is 13.5. The zero-order valence-corrected chi connectivity index (χ0v) is 36.4. The van der Waals surface area contributed by atoms with Crippen LogP contribution in [0.5, 0.6) is 0 Å². The monoisotopic (exact) mass is 831 g/mol. The molecule has 1 aliphatic carbocycles. The van der Waals surface area contributed by atoms with E-state index in [0.717, 1.165) is 44.6 Å². The topological polar surface area (TPSA) is 16.4 Å². The zero-order valence-electron chi connectivity index (χ0n) is 36.4. The largest absolute Gasteiger partial charge is 0.455 e. The summed E-state index contributed by atoms with van der Waals surface area (Å²) in [5.74, 6) is 0. The summed E-state index contributed by atoms with van der Waals surface area (Å²) in [6.45, 7) is 4.74. The molecule has 0 unspecified atom stereocenters. The van der Waals surface area contributed by atoms with E-state index in [-0.39, 0.29) is 5.41 Å². The molecule has 308 valence electrons. The van der Waals surface area contributed by atoms with Crippen molar-refractivity contribution in [3.63, 3.8) is 0 Å². The molecule has 0 fully saturated rings. The number of hydrogen-bond donors (Lipinski definition) is 0. The molecule has 12 rings (SSSR count). The van der Waals surface area contributed by atoms with E-state index in [1.807, 2.05) is 6.07 Å². The van der Waals surface area contributed by atoms with Crippen molar-refractivity contribution in [3.8, 4) is 66.8 Å². The van der Waals surface area contributed by atoms with E-state index in [1.165, 1.54) is 72.3 Å². The molecule has 10 aromatic carbocycles. The fourth-order valence-electron chi connectivity index (χ4n) is 10.1. The van der Waals surface area contributed by atoms with Gasteiger partial charge in [0.2, 0.25) is 0 Å². The van der Waals surface area contributed by atoms with Gasteiger partial charge in [0.05, 0.1) is 0 Å². The maximum atomic E-state index is 6.50. The van der Waals surface area contributed by atoms with Gasteiger partial charge in [-0.3, -0.25) is 0 Å². The summed E-state index contributed by atoms with van der Waals surface area (Å²) in [6, 6.07) is 85.8. The van der Waals surface area contributed by atoms with Crippen LogP contribution in [0.4, 0.5) is 17.1 Å². The first kappa shape index (κ1) is 38.5. The second kappa shape index (κ2) is 15.6. The number of nitrogens with zero attached hydrogens (tertiary/aromatic N) is 1. The second-order valence-electron chi connectivity index (χ2n) is 17.7. The minimum Gasteiger partial charge on any atom is -0.455 e. The number of hydrogen-bond acceptors (Lipinski definition) is 2. The van der Waals surface area contributed by atoms with Crippen molar-refractivity contribution in [1.29, 1.82) is 0 Å². The Hall–Kier alpha value is -8.20. The van der Waals surface area contributed by atoms with E-state index in [0.29, 0.717) is 0 Å². The van der Waals surface area contributed by atoms with E-state index < -0.39 is 0 Å². The smallest absolute Gasteiger partial charge is 0.143 e. The highest BCUT2D eigenvalue weighted by atomic mass is 16.3. The van der Waals surface area contributed by atoms with Crippen molar-refractivity contribution in [2.24, 2.45) is 0 Å². The van der Waals surface area contributed by atoms with Gasteiger partial charge in [0.25, 0.3) is 0 Å². The molecule has 11 aromatic rings. The van der Waals surface area contributed by atoms with Gasteiger partial charge in [-0.2, -0.15) is 0 Å². The third-order valence-electron chi connectivity index (χ3n) is 13.5. The molecular weight excluding hydrogens is 787 g/mol. The molecular formula is C63H45NO. The summed E-state index contributed by atoms with van der Waals surface area (Å²) >= 11 is 0. The van der Waals surface area contributed by atoms with E-state index in [9.17, 15) is 0 Å². The average molecular weight is 832 g/mol. The van der Waals surface area contributed by atoms with Crippen LogP contribution in [0, 0.1) is 0 Å². The van der Waals surface area contributed by atoms with E-state index in [1.54, 1.807) is 0 Å². The van der Waals surface area contributed by atoms with Gasteiger partial charge in [0.15, 0.2) is 0 Å². The molecule has 0 bridgehead atoms. The third kappa shape index (κ3) is 6.74. The standard InChI is InChI=1S/C63H45NO/c1-63(2)59-40-47(54-22-14-23-58-57-21-12-13-24-61(57)65-62(54)58)29-35-55(59)56-36-34-53(41-60(56)63)64(51-30-25-45(26-31-51)42-15-6-3-7-16-42)52-32-27-46(28-33-52)50-38-48(43-17-8-4-9-18-43)37-49(39-50)44-19-10-5-11-20-44/h3-41H,1-2H3. The Kier molecular flexibility index (Phi) is 9.21. The molecule has 0 amide bonds. The highest BCUT2D eigenvalue weighted by Crippen LogP contribution is 2.52. The summed E-state index contributed by atoms with van der Waals surface area (Å²) in [6.07, 6.45) is 0. The van der Waals surface area contributed by atoms with Crippen LogP contribution in [0.1, 0.15) is 25.0 Å². The Morgan fingerprint density at radius 3 is 1.32 bits per heavy atom. The van der Waals surface area contributed by atoms with Gasteiger partial charge in [-0.25, -0.2) is 0 Å². The van der Waals surface area contributed by atoms with Crippen LogP contribution >= 0.6 is 0 Å². The normalized spacial score (nSPS) is 12.6. The Morgan fingerprint density at radius 1 is 0.308 bits per heavy atom. The lowest BCUT2D eigenvalue weighted by Gasteiger charge is -2.28. The molecule has 0 N–H and O–H groups in total. The van der Waals surface area contributed by atoms with Crippen LogP contribution in [0.15, 0.2) is 241 Å². The van der Waals surface area contributed by atoms with Crippen molar-refractivity contribution in [3.05, 3.63) is 248 Å². The Balaban J connectivity index is 0.945. The lowest BCUT2D eigenvalue weighted by atomic mass is 9.81. The lowest BCUT2D eigenvalue weighted by Crippen LogP contribution is -2.16. The fraction of sp³-hybridized carbons (Fsp3) is 0.0476. The number of para-hydroxylation sites is 2. The summed E-state index contributed by atoms with van der Waals surface area (Å²) in [5, 5.41) is 2.29. The van der Waals surface area contributed by atoms with Crippen molar-refractivity contribution in [2.75, 3.05) is 4.90 Å². The molecule has 0 aliphatic heterocycles. The molecule has 65 heavy (non-hydrogen) atoms. The molecule has 2 nitrogen and oxygen atoms in total. The summed E-state index contributed by atoms with van der Waals surface area (Å²) in [7, 11) is 0. The molecule has 0 radical (unpaired) electrons. The maximum absolute atomic E-state index is 6.50. The second-order valence-corrected chi connectivity index (χ2v) is 17.7. The summed E-state index contributed by atoms with van der Waals surface area (Å²) in [4.78, 5) is 2.40. The minimum absolute atomic E-state index is 0.245. The van der Waals surface area contributed by atoms with Crippen molar-refractivity contribution in [2.45, 2.75) is 19.3 Å².